The van der Waals surface area contributed by atoms with Gasteiger partial charge in [0.1, 0.15) is 5.75 Å². The zero-order valence-electron chi connectivity index (χ0n) is 16.7. The van der Waals surface area contributed by atoms with E-state index in [4.69, 9.17) is 10.00 Å². The molecule has 3 aromatic rings. The van der Waals surface area contributed by atoms with Crippen LogP contribution >= 0.6 is 0 Å². The molecule has 2 aromatic carbocycles. The number of carbonyl (C=O) groups is 1. The van der Waals surface area contributed by atoms with Crippen LogP contribution in [0.4, 0.5) is 0 Å². The minimum Gasteiger partial charge on any atom is -0.488 e. The number of nitrogens with zero attached hydrogens (tertiary/aromatic N) is 3. The first-order valence-corrected chi connectivity index (χ1v) is 10.3. The van der Waals surface area contributed by atoms with E-state index < -0.39 is 0 Å². The fourth-order valence-corrected chi connectivity index (χ4v) is 5.02. The van der Waals surface area contributed by atoms with E-state index in [9.17, 15) is 4.79 Å². The van der Waals surface area contributed by atoms with Crippen LogP contribution in [-0.4, -0.2) is 28.3 Å². The molecule has 150 valence electrons. The lowest BCUT2D eigenvalue weighted by Gasteiger charge is -2.21. The van der Waals surface area contributed by atoms with Crippen LogP contribution in [0.25, 0.3) is 10.9 Å². The van der Waals surface area contributed by atoms with Gasteiger partial charge in [-0.25, -0.2) is 0 Å². The van der Waals surface area contributed by atoms with Gasteiger partial charge >= 0.3 is 0 Å². The number of ether oxygens (including phenoxy) is 1. The van der Waals surface area contributed by atoms with Crippen LogP contribution < -0.4 is 10.1 Å². The zero-order valence-corrected chi connectivity index (χ0v) is 16.7. The van der Waals surface area contributed by atoms with Crippen molar-refractivity contribution in [3.8, 4) is 11.8 Å². The van der Waals surface area contributed by atoms with Gasteiger partial charge < -0.3 is 10.1 Å². The van der Waals surface area contributed by atoms with E-state index in [0.717, 1.165) is 29.5 Å². The van der Waals surface area contributed by atoms with Gasteiger partial charge in [-0.05, 0) is 73.9 Å². The van der Waals surface area contributed by atoms with Gasteiger partial charge in [0.25, 0.3) is 5.91 Å². The number of nitriles is 1. The largest absolute Gasteiger partial charge is 0.488 e. The van der Waals surface area contributed by atoms with Crippen molar-refractivity contribution < 1.29 is 9.53 Å². The Bertz CT molecular complexity index is 1120. The van der Waals surface area contributed by atoms with E-state index in [-0.39, 0.29) is 18.1 Å². The SMILES string of the molecule is CC(NC(=O)c1ccc(C#N)cc1)C1C2CC(Oc3cnnc4ccccc34)CC21. The number of carbonyl (C=O) groups excluding carboxylic acids is 1. The van der Waals surface area contributed by atoms with Crippen LogP contribution in [0.15, 0.2) is 54.7 Å². The Hall–Kier alpha value is -3.46. The van der Waals surface area contributed by atoms with Gasteiger partial charge in [0, 0.05) is 17.0 Å². The predicted octanol–water partition coefficient (Wildman–Crippen LogP) is 3.72. The van der Waals surface area contributed by atoms with Crippen LogP contribution in [0.1, 0.15) is 35.7 Å². The summed E-state index contributed by atoms with van der Waals surface area (Å²) in [5.74, 6) is 2.39. The lowest BCUT2D eigenvalue weighted by molar-refractivity contribution is 0.0930. The van der Waals surface area contributed by atoms with Crippen molar-refractivity contribution >= 4 is 16.8 Å². The van der Waals surface area contributed by atoms with Crippen molar-refractivity contribution in [3.63, 3.8) is 0 Å². The quantitative estimate of drug-likeness (QED) is 0.708. The highest BCUT2D eigenvalue weighted by Crippen LogP contribution is 2.59. The summed E-state index contributed by atoms with van der Waals surface area (Å²) in [6, 6.07) is 16.8. The number of hydrogen-bond acceptors (Lipinski definition) is 5. The summed E-state index contributed by atoms with van der Waals surface area (Å²) >= 11 is 0. The molecule has 0 spiro atoms. The third-order valence-electron chi connectivity index (χ3n) is 6.48. The highest BCUT2D eigenvalue weighted by molar-refractivity contribution is 5.94. The van der Waals surface area contributed by atoms with E-state index in [0.29, 0.717) is 28.9 Å². The van der Waals surface area contributed by atoms with Gasteiger partial charge in [0.2, 0.25) is 0 Å². The molecule has 2 saturated carbocycles. The maximum Gasteiger partial charge on any atom is 0.251 e. The Morgan fingerprint density at radius 2 is 1.90 bits per heavy atom. The van der Waals surface area contributed by atoms with Crippen LogP contribution in [0.5, 0.6) is 5.75 Å². The summed E-state index contributed by atoms with van der Waals surface area (Å²) in [4.78, 5) is 12.5. The van der Waals surface area contributed by atoms with E-state index in [1.807, 2.05) is 24.3 Å². The van der Waals surface area contributed by atoms with E-state index in [1.54, 1.807) is 30.5 Å². The van der Waals surface area contributed by atoms with Crippen molar-refractivity contribution in [2.75, 3.05) is 0 Å². The number of rotatable bonds is 5. The van der Waals surface area contributed by atoms with Gasteiger partial charge in [-0.2, -0.15) is 15.5 Å². The van der Waals surface area contributed by atoms with E-state index in [1.165, 1.54) is 0 Å². The summed E-state index contributed by atoms with van der Waals surface area (Å²) in [7, 11) is 0. The van der Waals surface area contributed by atoms with Crippen LogP contribution in [-0.2, 0) is 0 Å². The molecule has 1 N–H and O–H groups in total. The number of fused-ring (bicyclic) bond motifs is 2. The summed E-state index contributed by atoms with van der Waals surface area (Å²) < 4.78 is 6.27. The second-order valence-corrected chi connectivity index (χ2v) is 8.29. The lowest BCUT2D eigenvalue weighted by atomic mass is 10.0. The summed E-state index contributed by atoms with van der Waals surface area (Å²) in [5.41, 5.74) is 1.99. The molecule has 2 aliphatic carbocycles. The fraction of sp³-hybridized carbons (Fsp3) is 0.333. The Balaban J connectivity index is 1.17. The molecule has 0 saturated heterocycles. The lowest BCUT2D eigenvalue weighted by Crippen LogP contribution is -2.36. The van der Waals surface area contributed by atoms with Crippen LogP contribution in [0.2, 0.25) is 0 Å². The Morgan fingerprint density at radius 3 is 2.63 bits per heavy atom. The molecular weight excluding hydrogens is 376 g/mol. The number of aromatic nitrogens is 2. The molecule has 6 nitrogen and oxygen atoms in total. The number of nitrogens with one attached hydrogen (secondary N) is 1. The second-order valence-electron chi connectivity index (χ2n) is 8.29. The van der Waals surface area contributed by atoms with Gasteiger partial charge in [-0.1, -0.05) is 12.1 Å². The maximum atomic E-state index is 12.5. The first-order valence-electron chi connectivity index (χ1n) is 10.3. The Labute approximate surface area is 174 Å². The molecule has 2 aliphatic rings. The van der Waals surface area contributed by atoms with E-state index in [2.05, 4.69) is 28.5 Å². The average molecular weight is 398 g/mol. The highest BCUT2D eigenvalue weighted by atomic mass is 16.5. The summed E-state index contributed by atoms with van der Waals surface area (Å²) in [5, 5.41) is 21.2. The molecule has 3 atom stereocenters. The van der Waals surface area contributed by atoms with Gasteiger partial charge in [-0.15, -0.1) is 0 Å². The normalized spacial score (nSPS) is 25.2. The monoisotopic (exact) mass is 398 g/mol. The van der Waals surface area contributed by atoms with E-state index >= 15 is 0 Å². The topological polar surface area (TPSA) is 87.9 Å². The number of hydrogen-bond donors (Lipinski definition) is 1. The molecule has 1 amide bonds. The predicted molar refractivity (Wildman–Crippen MR) is 112 cm³/mol. The van der Waals surface area contributed by atoms with Crippen LogP contribution in [0.3, 0.4) is 0 Å². The molecule has 2 fully saturated rings. The molecule has 0 aliphatic heterocycles. The average Bonchev–Trinajstić information content (AvgIpc) is 3.29. The number of amides is 1. The van der Waals surface area contributed by atoms with Gasteiger partial charge in [-0.3, -0.25) is 4.79 Å². The molecule has 1 heterocycles. The van der Waals surface area contributed by atoms with Gasteiger partial charge in [0.15, 0.2) is 0 Å². The first kappa shape index (κ1) is 18.6. The van der Waals surface area contributed by atoms with Crippen molar-refractivity contribution in [1.82, 2.24) is 15.5 Å². The molecule has 1 aromatic heterocycles. The minimum atomic E-state index is -0.0842. The van der Waals surface area contributed by atoms with Crippen molar-refractivity contribution in [1.29, 1.82) is 5.26 Å². The smallest absolute Gasteiger partial charge is 0.251 e. The third-order valence-corrected chi connectivity index (χ3v) is 6.48. The summed E-state index contributed by atoms with van der Waals surface area (Å²) in [6.45, 7) is 2.08. The maximum absolute atomic E-state index is 12.5. The minimum absolute atomic E-state index is 0.0842. The van der Waals surface area contributed by atoms with Crippen LogP contribution in [0, 0.1) is 29.1 Å². The Kier molecular flexibility index (Phi) is 4.59. The first-order chi connectivity index (χ1) is 14.6. The second kappa shape index (κ2) is 7.42. The molecule has 30 heavy (non-hydrogen) atoms. The highest BCUT2D eigenvalue weighted by Gasteiger charge is 2.58. The summed E-state index contributed by atoms with van der Waals surface area (Å²) in [6.07, 6.45) is 3.89. The van der Waals surface area contributed by atoms with Crippen molar-refractivity contribution in [2.24, 2.45) is 17.8 Å². The molecular formula is C24H22N4O2. The molecule has 0 radical (unpaired) electrons. The molecule has 5 rings (SSSR count). The molecule has 0 bridgehead atoms. The third kappa shape index (κ3) is 3.37. The number of benzene rings is 2. The zero-order chi connectivity index (χ0) is 20.7. The van der Waals surface area contributed by atoms with Crippen molar-refractivity contribution in [2.45, 2.75) is 31.9 Å². The molecule has 3 unspecified atom stereocenters. The fourth-order valence-electron chi connectivity index (χ4n) is 5.02. The standard InChI is InChI=1S/C24H22N4O2/c1-14(27-24(29)16-8-6-15(12-25)7-9-16)23-19-10-17(11-20(19)23)30-22-13-26-28-21-5-3-2-4-18(21)22/h2-9,13-14,17,19-20,23H,10-11H2,1H3,(H,27,29). The van der Waals surface area contributed by atoms with Crippen molar-refractivity contribution in [3.05, 3.63) is 65.9 Å². The molecule has 6 heteroatoms. The Morgan fingerprint density at radius 1 is 1.17 bits per heavy atom. The van der Waals surface area contributed by atoms with Gasteiger partial charge in [0.05, 0.1) is 29.5 Å².